The zero-order valence-electron chi connectivity index (χ0n) is 11.9. The average molecular weight is 272 g/mol. The van der Waals surface area contributed by atoms with E-state index in [1.165, 1.54) is 27.4 Å². The van der Waals surface area contributed by atoms with Crippen LogP contribution in [0.15, 0.2) is 61.0 Å². The lowest BCUT2D eigenvalue weighted by Gasteiger charge is -2.27. The van der Waals surface area contributed by atoms with Gasteiger partial charge in [0.1, 0.15) is 0 Å². The molecule has 4 rings (SSSR count). The third kappa shape index (κ3) is 1.96. The van der Waals surface area contributed by atoms with Crippen molar-refractivity contribution in [2.75, 3.05) is 10.2 Å². The number of benzene rings is 2. The second-order valence-electron chi connectivity index (χ2n) is 5.35. The van der Waals surface area contributed by atoms with Crippen molar-refractivity contribution in [3.05, 3.63) is 77.0 Å². The van der Waals surface area contributed by atoms with Crippen LogP contribution >= 0.6 is 0 Å². The van der Waals surface area contributed by atoms with Crippen LogP contribution in [0.2, 0.25) is 0 Å². The quantitative estimate of drug-likeness (QED) is 0.858. The Labute approximate surface area is 124 Å². The van der Waals surface area contributed by atoms with E-state index >= 15 is 0 Å². The average Bonchev–Trinajstić information content (AvgIpc) is 2.55. The highest BCUT2D eigenvalue weighted by Gasteiger charge is 2.16. The first kappa shape index (κ1) is 12.0. The van der Waals surface area contributed by atoms with Crippen LogP contribution in [0.25, 0.3) is 12.2 Å². The van der Waals surface area contributed by atoms with Crippen molar-refractivity contribution in [2.24, 2.45) is 0 Å². The highest BCUT2D eigenvalue weighted by molar-refractivity contribution is 5.84. The summed E-state index contributed by atoms with van der Waals surface area (Å²) in [6.07, 6.45) is 12.5. The van der Waals surface area contributed by atoms with Gasteiger partial charge in [-0.25, -0.2) is 0 Å². The van der Waals surface area contributed by atoms with E-state index in [1.54, 1.807) is 0 Å². The third-order valence-corrected chi connectivity index (χ3v) is 3.91. The number of anilines is 3. The van der Waals surface area contributed by atoms with Gasteiger partial charge in [0.2, 0.25) is 0 Å². The molecule has 2 aromatic rings. The molecule has 2 aliphatic heterocycles. The number of allylic oxidation sites excluding steroid dienone is 2. The maximum Gasteiger partial charge on any atom is 0.0770 e. The van der Waals surface area contributed by atoms with E-state index in [-0.39, 0.29) is 0 Å². The van der Waals surface area contributed by atoms with Crippen molar-refractivity contribution in [1.82, 2.24) is 0 Å². The Balaban J connectivity index is 1.95. The molecule has 21 heavy (non-hydrogen) atoms. The maximum absolute atomic E-state index is 3.39. The fraction of sp³-hybridized carbons (Fsp3) is 0.0526. The normalized spacial score (nSPS) is 14.6. The van der Waals surface area contributed by atoms with E-state index in [2.05, 4.69) is 78.0 Å². The van der Waals surface area contributed by atoms with Crippen LogP contribution in [0.1, 0.15) is 5.56 Å². The van der Waals surface area contributed by atoms with Gasteiger partial charge in [0.15, 0.2) is 0 Å². The van der Waals surface area contributed by atoms with Crippen LogP contribution in [0.3, 0.4) is 0 Å². The minimum atomic E-state index is 1.16. The van der Waals surface area contributed by atoms with Crippen LogP contribution in [0, 0.1) is 6.92 Å². The second kappa shape index (κ2) is 4.67. The molecule has 102 valence electrons. The number of nitrogens with zero attached hydrogens (tertiary/aromatic N) is 1. The summed E-state index contributed by atoms with van der Waals surface area (Å²) in [4.78, 5) is 2.24. The molecular weight excluding hydrogens is 256 g/mol. The SMILES string of the molecule is Cc1ccc(N2C=CC=c3ccc4c(c32)NC=CC=4)cc1. The number of hydrogen-bond donors (Lipinski definition) is 1. The summed E-state index contributed by atoms with van der Waals surface area (Å²) in [6, 6.07) is 13.0. The summed E-state index contributed by atoms with van der Waals surface area (Å²) in [5.41, 5.74) is 4.82. The largest absolute Gasteiger partial charge is 0.359 e. The van der Waals surface area contributed by atoms with Gasteiger partial charge in [-0.1, -0.05) is 42.0 Å². The van der Waals surface area contributed by atoms with Crippen molar-refractivity contribution >= 4 is 29.2 Å². The highest BCUT2D eigenvalue weighted by Crippen LogP contribution is 2.30. The highest BCUT2D eigenvalue weighted by atomic mass is 15.1. The first-order chi connectivity index (χ1) is 10.3. The Hall–Kier alpha value is -2.74. The second-order valence-corrected chi connectivity index (χ2v) is 5.35. The molecule has 0 saturated carbocycles. The summed E-state index contributed by atoms with van der Waals surface area (Å²) in [7, 11) is 0. The molecule has 0 atom stereocenters. The third-order valence-electron chi connectivity index (χ3n) is 3.91. The maximum atomic E-state index is 3.39. The van der Waals surface area contributed by atoms with Gasteiger partial charge in [0.05, 0.1) is 11.4 Å². The summed E-state index contributed by atoms with van der Waals surface area (Å²) < 4.78 is 0. The summed E-state index contributed by atoms with van der Waals surface area (Å²) >= 11 is 0. The summed E-state index contributed by atoms with van der Waals surface area (Å²) in [5, 5.41) is 5.84. The van der Waals surface area contributed by atoms with Gasteiger partial charge < -0.3 is 10.2 Å². The molecule has 0 bridgehead atoms. The Bertz CT molecular complexity index is 871. The monoisotopic (exact) mass is 272 g/mol. The fourth-order valence-electron chi connectivity index (χ4n) is 2.82. The minimum absolute atomic E-state index is 1.16. The van der Waals surface area contributed by atoms with Crippen LogP contribution in [-0.2, 0) is 0 Å². The first-order valence-electron chi connectivity index (χ1n) is 7.14. The standard InChI is InChI=1S/C19H16N2/c1-14-6-10-17(11-7-14)21-13-3-5-16-9-8-15-4-2-12-20-18(15)19(16)21/h2-13,20H,1H3. The van der Waals surface area contributed by atoms with Crippen LogP contribution in [0.4, 0.5) is 17.1 Å². The molecule has 0 spiro atoms. The Kier molecular flexibility index (Phi) is 2.68. The molecule has 1 N–H and O–H groups in total. The molecule has 2 heteroatoms. The topological polar surface area (TPSA) is 15.3 Å². The predicted octanol–water partition coefficient (Wildman–Crippen LogP) is 3.16. The Morgan fingerprint density at radius 3 is 2.48 bits per heavy atom. The molecule has 0 amide bonds. The van der Waals surface area contributed by atoms with Crippen molar-refractivity contribution in [3.63, 3.8) is 0 Å². The van der Waals surface area contributed by atoms with Crippen LogP contribution < -0.4 is 20.7 Å². The lowest BCUT2D eigenvalue weighted by Crippen LogP contribution is -2.27. The minimum Gasteiger partial charge on any atom is -0.359 e. The molecule has 2 aromatic carbocycles. The van der Waals surface area contributed by atoms with E-state index in [4.69, 9.17) is 0 Å². The molecular formula is C19H16N2. The zero-order valence-corrected chi connectivity index (χ0v) is 11.9. The molecule has 0 aromatic heterocycles. The van der Waals surface area contributed by atoms with Crippen LogP contribution in [0.5, 0.6) is 0 Å². The van der Waals surface area contributed by atoms with Gasteiger partial charge >= 0.3 is 0 Å². The Morgan fingerprint density at radius 1 is 0.857 bits per heavy atom. The summed E-state index contributed by atoms with van der Waals surface area (Å²) in [5.74, 6) is 0. The van der Waals surface area contributed by atoms with E-state index in [1.807, 2.05) is 12.3 Å². The van der Waals surface area contributed by atoms with Gasteiger partial charge in [-0.05, 0) is 31.2 Å². The molecule has 0 fully saturated rings. The van der Waals surface area contributed by atoms with Gasteiger partial charge in [-0.2, -0.15) is 0 Å². The smallest absolute Gasteiger partial charge is 0.0770 e. The van der Waals surface area contributed by atoms with E-state index in [0.29, 0.717) is 0 Å². The molecule has 0 radical (unpaired) electrons. The van der Waals surface area contributed by atoms with E-state index in [9.17, 15) is 0 Å². The molecule has 0 unspecified atom stereocenters. The number of aryl methyl sites for hydroxylation is 1. The van der Waals surface area contributed by atoms with Crippen LogP contribution in [-0.4, -0.2) is 0 Å². The van der Waals surface area contributed by atoms with Gasteiger partial charge in [-0.3, -0.25) is 0 Å². The number of nitrogens with one attached hydrogen (secondary N) is 1. The molecule has 2 nitrogen and oxygen atoms in total. The number of hydrogen-bond acceptors (Lipinski definition) is 2. The lowest BCUT2D eigenvalue weighted by atomic mass is 10.1. The van der Waals surface area contributed by atoms with E-state index < -0.39 is 0 Å². The van der Waals surface area contributed by atoms with Crippen molar-refractivity contribution < 1.29 is 0 Å². The Morgan fingerprint density at radius 2 is 1.62 bits per heavy atom. The van der Waals surface area contributed by atoms with E-state index in [0.717, 1.165) is 5.69 Å². The lowest BCUT2D eigenvalue weighted by molar-refractivity contribution is 1.24. The number of fused-ring (bicyclic) bond motifs is 3. The van der Waals surface area contributed by atoms with Crippen molar-refractivity contribution in [3.8, 4) is 0 Å². The van der Waals surface area contributed by atoms with Gasteiger partial charge in [0, 0.05) is 28.5 Å². The zero-order chi connectivity index (χ0) is 14.2. The number of rotatable bonds is 1. The first-order valence-corrected chi connectivity index (χ1v) is 7.14. The van der Waals surface area contributed by atoms with Gasteiger partial charge in [-0.15, -0.1) is 0 Å². The molecule has 0 saturated heterocycles. The van der Waals surface area contributed by atoms with Gasteiger partial charge in [0.25, 0.3) is 0 Å². The summed E-state index contributed by atoms with van der Waals surface area (Å²) in [6.45, 7) is 2.11. The van der Waals surface area contributed by atoms with Crippen molar-refractivity contribution in [1.29, 1.82) is 0 Å². The molecule has 2 heterocycles. The fourth-order valence-corrected chi connectivity index (χ4v) is 2.82. The molecule has 2 aliphatic rings. The molecule has 0 aliphatic carbocycles. The predicted molar refractivity (Wildman–Crippen MR) is 89.8 cm³/mol. The van der Waals surface area contributed by atoms with Crippen molar-refractivity contribution in [2.45, 2.75) is 6.92 Å².